The Morgan fingerprint density at radius 1 is 1.19 bits per heavy atom. The van der Waals surface area contributed by atoms with Gasteiger partial charge in [0.2, 0.25) is 0 Å². The van der Waals surface area contributed by atoms with Crippen LogP contribution in [0.2, 0.25) is 0 Å². The first-order chi connectivity index (χ1) is 7.52. The Kier molecular flexibility index (Phi) is 3.05. The van der Waals surface area contributed by atoms with Gasteiger partial charge in [-0.3, -0.25) is 4.98 Å². The van der Waals surface area contributed by atoms with E-state index < -0.39 is 11.7 Å². The fourth-order valence-electron chi connectivity index (χ4n) is 1.50. The van der Waals surface area contributed by atoms with Crippen LogP contribution in [-0.4, -0.2) is 4.98 Å². The van der Waals surface area contributed by atoms with E-state index in [1.165, 1.54) is 12.3 Å². The van der Waals surface area contributed by atoms with Crippen LogP contribution in [0.3, 0.4) is 0 Å². The maximum absolute atomic E-state index is 12.5. The molecule has 0 bridgehead atoms. The van der Waals surface area contributed by atoms with Crippen LogP contribution in [0.4, 0.5) is 13.2 Å². The number of fused-ring (bicyclic) bond motifs is 1. The molecule has 0 N–H and O–H groups in total. The minimum Gasteiger partial charge on any atom is -0.256 e. The van der Waals surface area contributed by atoms with Gasteiger partial charge in [0.1, 0.15) is 0 Å². The third kappa shape index (κ3) is 2.14. The predicted octanol–water partition coefficient (Wildman–Crippen LogP) is 4.19. The van der Waals surface area contributed by atoms with E-state index in [-0.39, 0.29) is 0 Å². The van der Waals surface area contributed by atoms with Crippen molar-refractivity contribution in [2.24, 2.45) is 0 Å². The third-order valence-electron chi connectivity index (χ3n) is 2.30. The molecule has 16 heavy (non-hydrogen) atoms. The van der Waals surface area contributed by atoms with E-state index in [0.717, 1.165) is 27.5 Å². The van der Waals surface area contributed by atoms with E-state index in [9.17, 15) is 13.2 Å². The van der Waals surface area contributed by atoms with E-state index in [1.807, 2.05) is 6.07 Å². The zero-order chi connectivity index (χ0) is 11.8. The number of rotatable bonds is 1. The van der Waals surface area contributed by atoms with Crippen molar-refractivity contribution in [1.82, 2.24) is 4.98 Å². The van der Waals surface area contributed by atoms with Crippen LogP contribution in [0, 0.1) is 0 Å². The van der Waals surface area contributed by atoms with Gasteiger partial charge >= 0.3 is 6.18 Å². The molecular formula is C11H7F3IN. The highest BCUT2D eigenvalue weighted by Crippen LogP contribution is 2.31. The molecule has 0 saturated carbocycles. The SMILES string of the molecule is FC(F)(F)c1ccc2c(CI)ccnc2c1. The maximum Gasteiger partial charge on any atom is 0.416 e. The summed E-state index contributed by atoms with van der Waals surface area (Å²) in [6.45, 7) is 0. The molecule has 0 aliphatic rings. The average Bonchev–Trinajstić information content (AvgIpc) is 2.26. The molecule has 0 aliphatic carbocycles. The molecular weight excluding hydrogens is 330 g/mol. The third-order valence-corrected chi connectivity index (χ3v) is 3.13. The summed E-state index contributed by atoms with van der Waals surface area (Å²) in [6, 6.07) is 5.49. The second-order valence-electron chi connectivity index (χ2n) is 3.33. The summed E-state index contributed by atoms with van der Waals surface area (Å²) < 4.78 is 38.2. The Morgan fingerprint density at radius 3 is 2.56 bits per heavy atom. The zero-order valence-corrected chi connectivity index (χ0v) is 10.2. The summed E-state index contributed by atoms with van der Waals surface area (Å²) >= 11 is 2.18. The topological polar surface area (TPSA) is 12.9 Å². The lowest BCUT2D eigenvalue weighted by Gasteiger charge is -2.08. The minimum absolute atomic E-state index is 0.393. The van der Waals surface area contributed by atoms with Crippen LogP contribution in [-0.2, 0) is 10.6 Å². The highest BCUT2D eigenvalue weighted by atomic mass is 127. The monoisotopic (exact) mass is 337 g/mol. The van der Waals surface area contributed by atoms with Crippen LogP contribution >= 0.6 is 22.6 Å². The second kappa shape index (κ2) is 4.20. The van der Waals surface area contributed by atoms with E-state index >= 15 is 0 Å². The molecule has 2 aromatic rings. The fraction of sp³-hybridized carbons (Fsp3) is 0.182. The summed E-state index contributed by atoms with van der Waals surface area (Å²) in [4.78, 5) is 3.96. The van der Waals surface area contributed by atoms with Crippen molar-refractivity contribution in [2.75, 3.05) is 0 Å². The van der Waals surface area contributed by atoms with Gasteiger partial charge in [-0.15, -0.1) is 0 Å². The first kappa shape index (κ1) is 11.6. The van der Waals surface area contributed by atoms with Crippen LogP contribution in [0.15, 0.2) is 30.5 Å². The number of aromatic nitrogens is 1. The van der Waals surface area contributed by atoms with Crippen molar-refractivity contribution in [3.05, 3.63) is 41.6 Å². The lowest BCUT2D eigenvalue weighted by Crippen LogP contribution is -2.04. The number of halogens is 4. The number of benzene rings is 1. The molecule has 0 aliphatic heterocycles. The first-order valence-electron chi connectivity index (χ1n) is 4.53. The van der Waals surface area contributed by atoms with Crippen molar-refractivity contribution in [2.45, 2.75) is 10.6 Å². The second-order valence-corrected chi connectivity index (χ2v) is 4.10. The summed E-state index contributed by atoms with van der Waals surface area (Å²) in [5.74, 6) is 0. The summed E-state index contributed by atoms with van der Waals surface area (Å²) in [7, 11) is 0. The molecule has 0 spiro atoms. The van der Waals surface area contributed by atoms with Gasteiger partial charge in [0.05, 0.1) is 11.1 Å². The van der Waals surface area contributed by atoms with E-state index in [1.54, 1.807) is 0 Å². The summed E-state index contributed by atoms with van der Waals surface area (Å²) in [5.41, 5.74) is 0.737. The van der Waals surface area contributed by atoms with Gasteiger partial charge in [0, 0.05) is 16.0 Å². The van der Waals surface area contributed by atoms with Gasteiger partial charge in [-0.25, -0.2) is 0 Å². The molecule has 0 atom stereocenters. The van der Waals surface area contributed by atoms with Crippen LogP contribution in [0.25, 0.3) is 10.9 Å². The Bertz CT molecular complexity index is 522. The molecule has 0 amide bonds. The van der Waals surface area contributed by atoms with Crippen molar-refractivity contribution < 1.29 is 13.2 Å². The Morgan fingerprint density at radius 2 is 1.94 bits per heavy atom. The van der Waals surface area contributed by atoms with Gasteiger partial charge in [-0.1, -0.05) is 28.7 Å². The van der Waals surface area contributed by atoms with E-state index in [0.29, 0.717) is 5.52 Å². The standard InChI is InChI=1S/C11H7F3IN/c12-11(13,14)8-1-2-9-7(6-15)3-4-16-10(9)5-8/h1-5H,6H2. The quantitative estimate of drug-likeness (QED) is 0.562. The number of hydrogen-bond acceptors (Lipinski definition) is 1. The van der Waals surface area contributed by atoms with Gasteiger partial charge in [0.25, 0.3) is 0 Å². The average molecular weight is 337 g/mol. The van der Waals surface area contributed by atoms with Crippen molar-refractivity contribution in [3.8, 4) is 0 Å². The lowest BCUT2D eigenvalue weighted by atomic mass is 10.1. The molecule has 1 aromatic heterocycles. The van der Waals surface area contributed by atoms with E-state index in [2.05, 4.69) is 27.6 Å². The molecule has 5 heteroatoms. The van der Waals surface area contributed by atoms with Crippen molar-refractivity contribution >= 4 is 33.5 Å². The van der Waals surface area contributed by atoms with E-state index in [4.69, 9.17) is 0 Å². The molecule has 84 valence electrons. The smallest absolute Gasteiger partial charge is 0.256 e. The Balaban J connectivity index is 2.64. The van der Waals surface area contributed by atoms with Crippen molar-refractivity contribution in [3.63, 3.8) is 0 Å². The molecule has 0 radical (unpaired) electrons. The van der Waals surface area contributed by atoms with Crippen LogP contribution in [0.1, 0.15) is 11.1 Å². The lowest BCUT2D eigenvalue weighted by molar-refractivity contribution is -0.137. The summed E-state index contributed by atoms with van der Waals surface area (Å²) in [6.07, 6.45) is -2.77. The molecule has 1 aromatic carbocycles. The molecule has 1 nitrogen and oxygen atoms in total. The molecule has 0 fully saturated rings. The highest BCUT2D eigenvalue weighted by Gasteiger charge is 2.30. The van der Waals surface area contributed by atoms with Gasteiger partial charge < -0.3 is 0 Å². The largest absolute Gasteiger partial charge is 0.416 e. The first-order valence-corrected chi connectivity index (χ1v) is 6.06. The van der Waals surface area contributed by atoms with Crippen molar-refractivity contribution in [1.29, 1.82) is 0 Å². The molecule has 2 rings (SSSR count). The minimum atomic E-state index is -4.31. The highest BCUT2D eigenvalue weighted by molar-refractivity contribution is 14.1. The normalized spacial score (nSPS) is 12.0. The van der Waals surface area contributed by atoms with Crippen LogP contribution in [0.5, 0.6) is 0 Å². The molecule has 0 unspecified atom stereocenters. The molecule has 0 saturated heterocycles. The number of alkyl halides is 4. The number of pyridine rings is 1. The van der Waals surface area contributed by atoms with Gasteiger partial charge in [-0.2, -0.15) is 13.2 Å². The number of nitrogens with zero attached hydrogens (tertiary/aromatic N) is 1. The summed E-state index contributed by atoms with van der Waals surface area (Å²) in [5, 5.41) is 0.782. The predicted molar refractivity (Wildman–Crippen MR) is 64.5 cm³/mol. The Labute approximate surface area is 104 Å². The zero-order valence-electron chi connectivity index (χ0n) is 8.05. The Hall–Kier alpha value is -0.850. The maximum atomic E-state index is 12.5. The fourth-order valence-corrected chi connectivity index (χ4v) is 2.17. The van der Waals surface area contributed by atoms with Gasteiger partial charge in [0.15, 0.2) is 0 Å². The molecule has 1 heterocycles. The van der Waals surface area contributed by atoms with Gasteiger partial charge in [-0.05, 0) is 23.8 Å². The number of hydrogen-bond donors (Lipinski definition) is 0. The van der Waals surface area contributed by atoms with Crippen LogP contribution < -0.4 is 0 Å².